The standard InChI is InChI=1S/C5H5N2O/c1-2-3-5-6-4-7-8-5/h2-4H,1H2. The molecule has 3 heteroatoms. The van der Waals surface area contributed by atoms with E-state index < -0.39 is 0 Å². The fraction of sp³-hybridized carbons (Fsp3) is 0. The molecular formula is C5H5N2O. The number of hydrogen-bond donors (Lipinski definition) is 0. The molecule has 0 bridgehead atoms. The fourth-order valence-electron chi connectivity index (χ4n) is 0.356. The Balaban J connectivity index is 2.62. The highest BCUT2D eigenvalue weighted by molar-refractivity contribution is 5.04. The zero-order valence-electron chi connectivity index (χ0n) is 4.24. The van der Waals surface area contributed by atoms with Gasteiger partial charge in [-0.2, -0.15) is 4.98 Å². The maximum absolute atomic E-state index is 4.59. The van der Waals surface area contributed by atoms with Gasteiger partial charge in [-0.15, -0.1) is 6.58 Å². The number of allylic oxidation sites excluding steroid dienone is 1. The van der Waals surface area contributed by atoms with Crippen molar-refractivity contribution in [3.8, 4) is 0 Å². The Morgan fingerprint density at radius 1 is 1.75 bits per heavy atom. The molecule has 0 aliphatic carbocycles. The summed E-state index contributed by atoms with van der Waals surface area (Å²) in [4.78, 5) is 3.70. The molecule has 0 aromatic carbocycles. The van der Waals surface area contributed by atoms with Gasteiger partial charge in [0.25, 0.3) is 0 Å². The molecule has 1 aromatic rings. The van der Waals surface area contributed by atoms with Gasteiger partial charge < -0.3 is 4.52 Å². The van der Waals surface area contributed by atoms with Gasteiger partial charge in [-0.1, -0.05) is 11.2 Å². The van der Waals surface area contributed by atoms with Gasteiger partial charge in [-0.25, -0.2) is 0 Å². The molecule has 0 saturated carbocycles. The summed E-state index contributed by atoms with van der Waals surface area (Å²) in [5.41, 5.74) is 0. The quantitative estimate of drug-likeness (QED) is 0.564. The van der Waals surface area contributed by atoms with E-state index in [0.29, 0.717) is 5.89 Å². The van der Waals surface area contributed by atoms with Crippen molar-refractivity contribution < 1.29 is 4.52 Å². The van der Waals surface area contributed by atoms with Crippen molar-refractivity contribution in [3.05, 3.63) is 31.3 Å². The van der Waals surface area contributed by atoms with Crippen LogP contribution in [0.1, 0.15) is 5.89 Å². The van der Waals surface area contributed by atoms with Crippen LogP contribution in [0.2, 0.25) is 0 Å². The van der Waals surface area contributed by atoms with Gasteiger partial charge in [0.1, 0.15) is 0 Å². The molecule has 0 unspecified atom stereocenters. The van der Waals surface area contributed by atoms with Crippen LogP contribution < -0.4 is 0 Å². The van der Waals surface area contributed by atoms with Crippen molar-refractivity contribution in [2.75, 3.05) is 0 Å². The molecule has 0 atom stereocenters. The molecule has 0 N–H and O–H groups in total. The predicted molar refractivity (Wildman–Crippen MR) is 27.9 cm³/mol. The lowest BCUT2D eigenvalue weighted by Gasteiger charge is -1.76. The molecule has 3 nitrogen and oxygen atoms in total. The van der Waals surface area contributed by atoms with Crippen LogP contribution in [0.25, 0.3) is 0 Å². The summed E-state index contributed by atoms with van der Waals surface area (Å²) < 4.78 is 4.59. The minimum Gasteiger partial charge on any atom is -0.339 e. The summed E-state index contributed by atoms with van der Waals surface area (Å²) in [6, 6.07) is 0. The first-order valence-electron chi connectivity index (χ1n) is 2.16. The van der Waals surface area contributed by atoms with Gasteiger partial charge in [-0.05, 0) is 0 Å². The molecule has 1 rings (SSSR count). The van der Waals surface area contributed by atoms with E-state index in [1.54, 1.807) is 12.5 Å². The van der Waals surface area contributed by atoms with Gasteiger partial charge in [0, 0.05) is 0 Å². The highest BCUT2D eigenvalue weighted by Gasteiger charge is 1.91. The summed E-state index contributed by atoms with van der Waals surface area (Å²) in [5, 5.41) is 3.38. The zero-order chi connectivity index (χ0) is 5.82. The summed E-state index contributed by atoms with van der Waals surface area (Å²) in [5.74, 6) is 0.486. The van der Waals surface area contributed by atoms with E-state index in [1.165, 1.54) is 6.33 Å². The van der Waals surface area contributed by atoms with Crippen LogP contribution in [0.5, 0.6) is 0 Å². The number of aromatic nitrogens is 2. The average Bonchev–Trinajstić information content (AvgIpc) is 2.19. The Morgan fingerprint density at radius 2 is 2.62 bits per heavy atom. The molecule has 0 aliphatic rings. The van der Waals surface area contributed by atoms with Gasteiger partial charge in [0.2, 0.25) is 5.89 Å². The second kappa shape index (κ2) is 2.26. The lowest BCUT2D eigenvalue weighted by Crippen LogP contribution is -1.72. The van der Waals surface area contributed by atoms with Crippen LogP contribution in [0.15, 0.2) is 23.5 Å². The van der Waals surface area contributed by atoms with E-state index >= 15 is 0 Å². The number of rotatable bonds is 2. The Labute approximate surface area is 47.0 Å². The predicted octanol–water partition coefficient (Wildman–Crippen LogP) is 0.808. The fourth-order valence-corrected chi connectivity index (χ4v) is 0.356. The van der Waals surface area contributed by atoms with E-state index in [0.717, 1.165) is 0 Å². The van der Waals surface area contributed by atoms with E-state index in [1.807, 2.05) is 0 Å². The lowest BCUT2D eigenvalue weighted by atomic mass is 10.4. The van der Waals surface area contributed by atoms with Crippen molar-refractivity contribution in [2.45, 2.75) is 0 Å². The average molecular weight is 109 g/mol. The Hall–Kier alpha value is -1.12. The van der Waals surface area contributed by atoms with Crippen molar-refractivity contribution >= 4 is 0 Å². The normalized spacial score (nSPS) is 9.00. The highest BCUT2D eigenvalue weighted by atomic mass is 16.5. The van der Waals surface area contributed by atoms with Crippen LogP contribution >= 0.6 is 0 Å². The first kappa shape index (κ1) is 5.03. The molecule has 0 saturated heterocycles. The van der Waals surface area contributed by atoms with Crippen molar-refractivity contribution in [1.29, 1.82) is 0 Å². The van der Waals surface area contributed by atoms with Crippen LogP contribution in [0, 0.1) is 6.42 Å². The maximum Gasteiger partial charge on any atom is 0.234 e. The second-order valence-corrected chi connectivity index (χ2v) is 1.18. The second-order valence-electron chi connectivity index (χ2n) is 1.18. The number of nitrogens with zero attached hydrogens (tertiary/aromatic N) is 2. The third kappa shape index (κ3) is 0.932. The van der Waals surface area contributed by atoms with Crippen molar-refractivity contribution in [1.82, 2.24) is 10.1 Å². The Morgan fingerprint density at radius 3 is 3.12 bits per heavy atom. The third-order valence-corrected chi connectivity index (χ3v) is 0.639. The van der Waals surface area contributed by atoms with Crippen LogP contribution in [-0.2, 0) is 0 Å². The topological polar surface area (TPSA) is 38.9 Å². The number of hydrogen-bond acceptors (Lipinski definition) is 3. The molecule has 8 heavy (non-hydrogen) atoms. The Bertz CT molecular complexity index is 157. The van der Waals surface area contributed by atoms with Gasteiger partial charge in [0.15, 0.2) is 6.33 Å². The van der Waals surface area contributed by atoms with Gasteiger partial charge in [-0.3, -0.25) is 0 Å². The van der Waals surface area contributed by atoms with Crippen LogP contribution in [-0.4, -0.2) is 10.1 Å². The molecule has 0 amide bonds. The highest BCUT2D eigenvalue weighted by Crippen LogP contribution is 1.93. The smallest absolute Gasteiger partial charge is 0.234 e. The molecule has 1 heterocycles. The molecule has 41 valence electrons. The van der Waals surface area contributed by atoms with Crippen molar-refractivity contribution in [3.63, 3.8) is 0 Å². The summed E-state index contributed by atoms with van der Waals surface area (Å²) in [7, 11) is 0. The maximum atomic E-state index is 4.59. The Kier molecular flexibility index (Phi) is 1.42. The summed E-state index contributed by atoms with van der Waals surface area (Å²) >= 11 is 0. The van der Waals surface area contributed by atoms with Gasteiger partial charge in [0.05, 0.1) is 6.42 Å². The molecule has 1 aromatic heterocycles. The molecule has 1 radical (unpaired) electrons. The molecular weight excluding hydrogens is 104 g/mol. The largest absolute Gasteiger partial charge is 0.339 e. The monoisotopic (exact) mass is 109 g/mol. The summed E-state index contributed by atoms with van der Waals surface area (Å²) in [6.07, 6.45) is 4.57. The zero-order valence-corrected chi connectivity index (χ0v) is 4.24. The lowest BCUT2D eigenvalue weighted by molar-refractivity contribution is 0.399. The molecule has 0 fully saturated rings. The van der Waals surface area contributed by atoms with E-state index in [2.05, 4.69) is 21.2 Å². The van der Waals surface area contributed by atoms with Crippen LogP contribution in [0.3, 0.4) is 0 Å². The first-order valence-corrected chi connectivity index (χ1v) is 2.16. The van der Waals surface area contributed by atoms with Gasteiger partial charge >= 0.3 is 0 Å². The first-order chi connectivity index (χ1) is 3.93. The van der Waals surface area contributed by atoms with Crippen LogP contribution in [0.4, 0.5) is 0 Å². The van der Waals surface area contributed by atoms with E-state index in [-0.39, 0.29) is 0 Å². The SMILES string of the molecule is C=C[CH]c1ncno1. The van der Waals surface area contributed by atoms with E-state index in [9.17, 15) is 0 Å². The van der Waals surface area contributed by atoms with Crippen molar-refractivity contribution in [2.24, 2.45) is 0 Å². The minimum atomic E-state index is 0.486. The minimum absolute atomic E-state index is 0.486. The summed E-state index contributed by atoms with van der Waals surface area (Å²) in [6.45, 7) is 3.45. The third-order valence-electron chi connectivity index (χ3n) is 0.639. The van der Waals surface area contributed by atoms with E-state index in [4.69, 9.17) is 0 Å². The molecule has 0 spiro atoms. The molecule has 0 aliphatic heterocycles.